The van der Waals surface area contributed by atoms with Crippen molar-refractivity contribution in [1.82, 2.24) is 5.32 Å². The van der Waals surface area contributed by atoms with Gasteiger partial charge in [0.15, 0.2) is 0 Å². The fourth-order valence-corrected chi connectivity index (χ4v) is 3.01. The summed E-state index contributed by atoms with van der Waals surface area (Å²) in [6.07, 6.45) is -9.33. The molecule has 164 valence electrons. The van der Waals surface area contributed by atoms with Crippen LogP contribution in [0.2, 0.25) is 0 Å². The Morgan fingerprint density at radius 2 is 1.26 bits per heavy atom. The summed E-state index contributed by atoms with van der Waals surface area (Å²) in [6.45, 7) is 2.32. The number of hydrogen-bond donors (Lipinski definition) is 1. The van der Waals surface area contributed by atoms with Crippen LogP contribution in [0.15, 0.2) is 36.4 Å². The molecule has 0 saturated carbocycles. The first kappa shape index (κ1) is 24.0. The van der Waals surface area contributed by atoms with Gasteiger partial charge in [0, 0.05) is 26.2 Å². The number of halogens is 7. The lowest BCUT2D eigenvalue weighted by Crippen LogP contribution is -2.44. The molecule has 0 spiro atoms. The number of nitrogens with one attached hydrogen (secondary N) is 1. The van der Waals surface area contributed by atoms with Crippen LogP contribution in [-0.4, -0.2) is 26.2 Å². The van der Waals surface area contributed by atoms with Gasteiger partial charge >= 0.3 is 12.4 Å². The summed E-state index contributed by atoms with van der Waals surface area (Å²) in [5, 5.41) is 20.2. The lowest BCUT2D eigenvalue weighted by atomic mass is 10.0. The van der Waals surface area contributed by atoms with Crippen molar-refractivity contribution in [3.05, 3.63) is 64.5 Å². The fourth-order valence-electron chi connectivity index (χ4n) is 3.01. The number of anilines is 1. The van der Waals surface area contributed by atoms with Gasteiger partial charge < -0.3 is 10.2 Å². The first-order valence-electron chi connectivity index (χ1n) is 8.82. The topological polar surface area (TPSA) is 62.9 Å². The van der Waals surface area contributed by atoms with Crippen LogP contribution < -0.4 is 10.2 Å². The van der Waals surface area contributed by atoms with Crippen molar-refractivity contribution >= 4 is 5.69 Å². The Morgan fingerprint density at radius 1 is 0.774 bits per heavy atom. The molecule has 0 unspecified atom stereocenters. The molecule has 0 radical (unpaired) electrons. The van der Waals surface area contributed by atoms with Gasteiger partial charge in [-0.15, -0.1) is 0 Å². The van der Waals surface area contributed by atoms with Gasteiger partial charge in [0.25, 0.3) is 0 Å². The molecule has 1 saturated heterocycles. The van der Waals surface area contributed by atoms with E-state index >= 15 is 0 Å². The molecule has 0 amide bonds. The van der Waals surface area contributed by atoms with Crippen LogP contribution in [0.5, 0.6) is 0 Å². The number of rotatable bonds is 1. The van der Waals surface area contributed by atoms with Crippen LogP contribution in [-0.2, 0) is 12.4 Å². The lowest BCUT2D eigenvalue weighted by molar-refractivity contribution is -0.140. The maximum absolute atomic E-state index is 13.1. The molecule has 0 aliphatic carbocycles. The fraction of sp³-hybridized carbons (Fsp3) is 0.300. The van der Waals surface area contributed by atoms with Crippen LogP contribution in [0.25, 0.3) is 0 Å². The normalized spacial score (nSPS) is 14.2. The third-order valence-electron chi connectivity index (χ3n) is 4.32. The molecule has 1 heterocycles. The third-order valence-corrected chi connectivity index (χ3v) is 4.32. The zero-order chi connectivity index (χ0) is 23.2. The summed E-state index contributed by atoms with van der Waals surface area (Å²) in [5.74, 6) is -1.42. The van der Waals surface area contributed by atoms with Crippen molar-refractivity contribution in [3.8, 4) is 12.1 Å². The smallest absolute Gasteiger partial charge is 0.368 e. The van der Waals surface area contributed by atoms with Crippen molar-refractivity contribution in [2.45, 2.75) is 12.4 Å². The minimum Gasteiger partial charge on any atom is -0.368 e. The number of benzene rings is 2. The van der Waals surface area contributed by atoms with Crippen molar-refractivity contribution in [2.75, 3.05) is 31.1 Å². The number of alkyl halides is 6. The van der Waals surface area contributed by atoms with Crippen LogP contribution in [0.1, 0.15) is 22.3 Å². The van der Waals surface area contributed by atoms with Gasteiger partial charge in [-0.3, -0.25) is 0 Å². The van der Waals surface area contributed by atoms with Crippen molar-refractivity contribution in [1.29, 1.82) is 10.5 Å². The molecular weight excluding hydrogens is 429 g/mol. The zero-order valence-corrected chi connectivity index (χ0v) is 15.8. The average Bonchev–Trinajstić information content (AvgIpc) is 2.72. The van der Waals surface area contributed by atoms with Crippen LogP contribution in [0, 0.1) is 28.5 Å². The Labute approximate surface area is 173 Å². The standard InChI is InChI=1S/C12H12F3N3.C8H3F4N/c13-12(14,15)11-9(8-16)2-1-3-10(11)18-6-4-17-5-7-18;9-6-3-1-2-5(4-13)7(6)8(10,11)12/h1-3,17H,4-7H2;1-3H. The summed E-state index contributed by atoms with van der Waals surface area (Å²) < 4.78 is 88.1. The van der Waals surface area contributed by atoms with Crippen LogP contribution in [0.4, 0.5) is 36.4 Å². The quantitative estimate of drug-likeness (QED) is 0.648. The van der Waals surface area contributed by atoms with E-state index in [4.69, 9.17) is 10.5 Å². The summed E-state index contributed by atoms with van der Waals surface area (Å²) in [6, 6.07) is 9.67. The average molecular weight is 444 g/mol. The van der Waals surface area contributed by atoms with Crippen molar-refractivity contribution < 1.29 is 30.7 Å². The second kappa shape index (κ2) is 9.67. The van der Waals surface area contributed by atoms with Crippen LogP contribution in [0.3, 0.4) is 0 Å². The van der Waals surface area contributed by atoms with Gasteiger partial charge in [-0.1, -0.05) is 12.1 Å². The monoisotopic (exact) mass is 444 g/mol. The van der Waals surface area contributed by atoms with E-state index in [-0.39, 0.29) is 11.3 Å². The summed E-state index contributed by atoms with van der Waals surface area (Å²) >= 11 is 0. The molecule has 1 N–H and O–H groups in total. The lowest BCUT2D eigenvalue weighted by Gasteiger charge is -2.31. The molecule has 2 aromatic carbocycles. The highest BCUT2D eigenvalue weighted by Gasteiger charge is 2.38. The SMILES string of the molecule is N#Cc1cccc(F)c1C(F)(F)F.N#Cc1cccc(N2CCNCC2)c1C(F)(F)F. The van der Waals surface area contributed by atoms with Crippen molar-refractivity contribution in [3.63, 3.8) is 0 Å². The largest absolute Gasteiger partial charge is 0.420 e. The number of nitriles is 2. The van der Waals surface area contributed by atoms with E-state index in [0.29, 0.717) is 32.2 Å². The maximum atomic E-state index is 13.1. The van der Waals surface area contributed by atoms with E-state index in [1.54, 1.807) is 11.0 Å². The van der Waals surface area contributed by atoms with E-state index in [2.05, 4.69) is 5.32 Å². The second-order valence-corrected chi connectivity index (χ2v) is 6.32. The van der Waals surface area contributed by atoms with Gasteiger partial charge in [0.05, 0.1) is 34.5 Å². The summed E-state index contributed by atoms with van der Waals surface area (Å²) in [4.78, 5) is 1.67. The van der Waals surface area contributed by atoms with E-state index in [1.165, 1.54) is 24.3 Å². The molecule has 2 aromatic rings. The minimum absolute atomic E-state index is 0.100. The van der Waals surface area contributed by atoms with Gasteiger partial charge in [0.1, 0.15) is 11.4 Å². The molecule has 11 heteroatoms. The van der Waals surface area contributed by atoms with E-state index in [1.807, 2.05) is 0 Å². The van der Waals surface area contributed by atoms with E-state index in [9.17, 15) is 30.7 Å². The molecule has 1 aliphatic heterocycles. The molecule has 31 heavy (non-hydrogen) atoms. The zero-order valence-electron chi connectivity index (χ0n) is 15.8. The Morgan fingerprint density at radius 3 is 1.71 bits per heavy atom. The van der Waals surface area contributed by atoms with Gasteiger partial charge in [-0.25, -0.2) is 4.39 Å². The predicted octanol–water partition coefficient (Wildman–Crippen LogP) is 4.70. The first-order chi connectivity index (χ1) is 14.5. The number of hydrogen-bond acceptors (Lipinski definition) is 4. The Bertz CT molecular complexity index is 995. The molecule has 4 nitrogen and oxygen atoms in total. The van der Waals surface area contributed by atoms with Gasteiger partial charge in [-0.2, -0.15) is 36.9 Å². The first-order valence-corrected chi connectivity index (χ1v) is 8.82. The third kappa shape index (κ3) is 5.86. The molecule has 0 bridgehead atoms. The highest BCUT2D eigenvalue weighted by atomic mass is 19.4. The number of nitrogens with zero attached hydrogens (tertiary/aromatic N) is 3. The van der Waals surface area contributed by atoms with E-state index < -0.39 is 34.9 Å². The molecule has 0 aromatic heterocycles. The molecule has 1 fully saturated rings. The highest BCUT2D eigenvalue weighted by molar-refractivity contribution is 5.61. The maximum Gasteiger partial charge on any atom is 0.420 e. The van der Waals surface area contributed by atoms with E-state index in [0.717, 1.165) is 12.1 Å². The molecule has 1 aliphatic rings. The van der Waals surface area contributed by atoms with Gasteiger partial charge in [0.2, 0.25) is 0 Å². The van der Waals surface area contributed by atoms with Crippen LogP contribution >= 0.6 is 0 Å². The molecular formula is C20H15F7N4. The predicted molar refractivity (Wildman–Crippen MR) is 97.4 cm³/mol. The molecule has 0 atom stereocenters. The summed E-state index contributed by atoms with van der Waals surface area (Å²) in [7, 11) is 0. The van der Waals surface area contributed by atoms with Crippen molar-refractivity contribution in [2.24, 2.45) is 0 Å². The summed E-state index contributed by atoms with van der Waals surface area (Å²) in [5.41, 5.74) is -3.25. The van der Waals surface area contributed by atoms with Gasteiger partial charge in [-0.05, 0) is 24.3 Å². The molecule has 3 rings (SSSR count). The highest BCUT2D eigenvalue weighted by Crippen LogP contribution is 2.39. The Balaban J connectivity index is 0.000000233. The Hall–Kier alpha value is -3.31. The second-order valence-electron chi connectivity index (χ2n) is 6.32. The minimum atomic E-state index is -4.82. The Kier molecular flexibility index (Phi) is 7.47. The number of piperazine rings is 1.